The van der Waals surface area contributed by atoms with Gasteiger partial charge >= 0.3 is 0 Å². The number of nitrogens with zero attached hydrogens (tertiary/aromatic N) is 1. The fraction of sp³-hybridized carbons (Fsp3) is 0.684. The van der Waals surface area contributed by atoms with Crippen LogP contribution in [-0.2, 0) is 6.54 Å². The minimum Gasteiger partial charge on any atom is -0.369 e. The molecule has 3 aliphatic rings. The molecule has 0 spiro atoms. The van der Waals surface area contributed by atoms with Crippen LogP contribution in [0, 0.1) is 11.8 Å². The first-order valence-corrected chi connectivity index (χ1v) is 8.96. The number of anilines is 1. The van der Waals surface area contributed by atoms with E-state index in [1.54, 1.807) is 0 Å². The Morgan fingerprint density at radius 2 is 1.81 bits per heavy atom. The number of hydrogen-bond donors (Lipinski definition) is 1. The van der Waals surface area contributed by atoms with Gasteiger partial charge in [-0.1, -0.05) is 37.5 Å². The number of para-hydroxylation sites is 1. The van der Waals surface area contributed by atoms with E-state index in [9.17, 15) is 0 Å². The molecule has 1 aliphatic heterocycles. The third kappa shape index (κ3) is 3.11. The summed E-state index contributed by atoms with van der Waals surface area (Å²) < 4.78 is 0. The average Bonchev–Trinajstić information content (AvgIpc) is 3.36. The maximum atomic E-state index is 3.89. The lowest BCUT2D eigenvalue weighted by molar-refractivity contribution is 0.271. The van der Waals surface area contributed by atoms with Crippen molar-refractivity contribution in [1.82, 2.24) is 5.32 Å². The van der Waals surface area contributed by atoms with E-state index >= 15 is 0 Å². The molecule has 1 unspecified atom stereocenters. The van der Waals surface area contributed by atoms with Gasteiger partial charge in [-0.25, -0.2) is 0 Å². The summed E-state index contributed by atoms with van der Waals surface area (Å²) in [5, 5.41) is 3.89. The van der Waals surface area contributed by atoms with Crippen molar-refractivity contribution in [3.63, 3.8) is 0 Å². The molecule has 2 nitrogen and oxygen atoms in total. The van der Waals surface area contributed by atoms with E-state index in [1.807, 2.05) is 0 Å². The van der Waals surface area contributed by atoms with Crippen molar-refractivity contribution >= 4 is 5.69 Å². The third-order valence-corrected chi connectivity index (χ3v) is 5.70. The molecule has 1 heterocycles. The van der Waals surface area contributed by atoms with Crippen molar-refractivity contribution in [2.45, 2.75) is 57.5 Å². The molecule has 4 rings (SSSR count). The van der Waals surface area contributed by atoms with Gasteiger partial charge in [0.2, 0.25) is 0 Å². The number of fused-ring (bicyclic) bond motifs is 1. The third-order valence-electron chi connectivity index (χ3n) is 5.70. The summed E-state index contributed by atoms with van der Waals surface area (Å²) in [5.74, 6) is 1.86. The summed E-state index contributed by atoms with van der Waals surface area (Å²) >= 11 is 0. The molecule has 1 atom stereocenters. The zero-order valence-electron chi connectivity index (χ0n) is 13.1. The summed E-state index contributed by atoms with van der Waals surface area (Å²) in [4.78, 5) is 2.70. The Hall–Kier alpha value is -1.02. The molecule has 2 heteroatoms. The summed E-state index contributed by atoms with van der Waals surface area (Å²) in [7, 11) is 0. The fourth-order valence-corrected chi connectivity index (χ4v) is 4.25. The van der Waals surface area contributed by atoms with Gasteiger partial charge in [0.1, 0.15) is 0 Å². The van der Waals surface area contributed by atoms with Crippen LogP contribution in [0.5, 0.6) is 0 Å². The number of hydrogen-bond acceptors (Lipinski definition) is 2. The molecule has 114 valence electrons. The number of nitrogens with one attached hydrogen (secondary N) is 1. The van der Waals surface area contributed by atoms with Crippen molar-refractivity contribution in [1.29, 1.82) is 0 Å². The van der Waals surface area contributed by atoms with E-state index < -0.39 is 0 Å². The molecule has 1 aromatic rings. The summed E-state index contributed by atoms with van der Waals surface area (Å²) in [6.45, 7) is 3.55. The van der Waals surface area contributed by atoms with Crippen molar-refractivity contribution in [2.75, 3.05) is 18.0 Å². The normalized spacial score (nSPS) is 27.2. The quantitative estimate of drug-likeness (QED) is 0.904. The minimum atomic E-state index is 0.691. The van der Waals surface area contributed by atoms with Crippen LogP contribution in [-0.4, -0.2) is 19.1 Å². The van der Waals surface area contributed by atoms with Gasteiger partial charge in [0, 0.05) is 31.4 Å². The first-order valence-electron chi connectivity index (χ1n) is 8.96. The summed E-state index contributed by atoms with van der Waals surface area (Å²) in [6.07, 6.45) is 10.1. The van der Waals surface area contributed by atoms with Crippen LogP contribution in [0.25, 0.3) is 0 Å². The van der Waals surface area contributed by atoms with Gasteiger partial charge in [-0.05, 0) is 49.1 Å². The van der Waals surface area contributed by atoms with Gasteiger partial charge in [0.25, 0.3) is 0 Å². The van der Waals surface area contributed by atoms with E-state index in [-0.39, 0.29) is 0 Å². The Kier molecular flexibility index (Phi) is 3.89. The predicted molar refractivity (Wildman–Crippen MR) is 88.6 cm³/mol. The maximum Gasteiger partial charge on any atom is 0.0412 e. The van der Waals surface area contributed by atoms with E-state index in [2.05, 4.69) is 34.5 Å². The largest absolute Gasteiger partial charge is 0.369 e. The minimum absolute atomic E-state index is 0.691. The predicted octanol–water partition coefficient (Wildman–Crippen LogP) is 3.96. The monoisotopic (exact) mass is 284 g/mol. The maximum absolute atomic E-state index is 3.89. The second kappa shape index (κ2) is 6.00. The van der Waals surface area contributed by atoms with Crippen LogP contribution in [0.4, 0.5) is 5.69 Å². The topological polar surface area (TPSA) is 15.3 Å². The van der Waals surface area contributed by atoms with E-state index in [1.165, 1.54) is 69.3 Å². The SMILES string of the molecule is c1ccc2c(c1)CNC(C1CCCCC1)CN2CC1CC1. The number of benzene rings is 1. The highest BCUT2D eigenvalue weighted by atomic mass is 15.2. The zero-order chi connectivity index (χ0) is 14.1. The second-order valence-corrected chi connectivity index (χ2v) is 7.36. The zero-order valence-corrected chi connectivity index (χ0v) is 13.1. The van der Waals surface area contributed by atoms with Crippen LogP contribution < -0.4 is 10.2 Å². The molecule has 1 N–H and O–H groups in total. The van der Waals surface area contributed by atoms with Crippen LogP contribution in [0.2, 0.25) is 0 Å². The van der Waals surface area contributed by atoms with Crippen molar-refractivity contribution in [3.8, 4) is 0 Å². The lowest BCUT2D eigenvalue weighted by atomic mass is 9.83. The molecule has 1 aromatic carbocycles. The molecular weight excluding hydrogens is 256 g/mol. The molecule has 2 fully saturated rings. The first-order chi connectivity index (χ1) is 10.4. The highest BCUT2D eigenvalue weighted by Gasteiger charge is 2.31. The Labute approximate surface area is 128 Å². The van der Waals surface area contributed by atoms with Crippen molar-refractivity contribution in [2.24, 2.45) is 11.8 Å². The van der Waals surface area contributed by atoms with Crippen LogP contribution in [0.3, 0.4) is 0 Å². The van der Waals surface area contributed by atoms with Gasteiger partial charge in [-0.3, -0.25) is 0 Å². The Bertz CT molecular complexity index is 474. The molecule has 0 amide bonds. The molecule has 2 aliphatic carbocycles. The van der Waals surface area contributed by atoms with Gasteiger partial charge in [-0.2, -0.15) is 0 Å². The Morgan fingerprint density at radius 3 is 2.62 bits per heavy atom. The first kappa shape index (κ1) is 13.6. The molecular formula is C19H28N2. The molecule has 0 bridgehead atoms. The van der Waals surface area contributed by atoms with E-state index in [0.29, 0.717) is 6.04 Å². The van der Waals surface area contributed by atoms with E-state index in [0.717, 1.165) is 18.4 Å². The summed E-state index contributed by atoms with van der Waals surface area (Å²) in [6, 6.07) is 9.74. The van der Waals surface area contributed by atoms with Gasteiger partial charge in [0.05, 0.1) is 0 Å². The Balaban J connectivity index is 1.54. The van der Waals surface area contributed by atoms with Gasteiger partial charge in [-0.15, -0.1) is 0 Å². The molecule has 21 heavy (non-hydrogen) atoms. The highest BCUT2D eigenvalue weighted by Crippen LogP contribution is 2.35. The second-order valence-electron chi connectivity index (χ2n) is 7.36. The molecule has 2 saturated carbocycles. The van der Waals surface area contributed by atoms with Crippen molar-refractivity contribution in [3.05, 3.63) is 29.8 Å². The lowest BCUT2D eigenvalue weighted by Gasteiger charge is -2.34. The standard InChI is InChI=1S/C19H28N2/c1-2-6-16(7-3-1)18-14-21(13-15-10-11-15)19-9-5-4-8-17(19)12-20-18/h4-5,8-9,15-16,18,20H,1-3,6-7,10-14H2. The van der Waals surface area contributed by atoms with Crippen LogP contribution in [0.1, 0.15) is 50.5 Å². The van der Waals surface area contributed by atoms with Gasteiger partial charge < -0.3 is 10.2 Å². The smallest absolute Gasteiger partial charge is 0.0412 e. The average molecular weight is 284 g/mol. The summed E-state index contributed by atoms with van der Waals surface area (Å²) in [5.41, 5.74) is 2.99. The van der Waals surface area contributed by atoms with Gasteiger partial charge in [0.15, 0.2) is 0 Å². The Morgan fingerprint density at radius 1 is 1.00 bits per heavy atom. The molecule has 0 aromatic heterocycles. The number of rotatable bonds is 3. The molecule has 0 radical (unpaired) electrons. The van der Waals surface area contributed by atoms with Crippen molar-refractivity contribution < 1.29 is 0 Å². The highest BCUT2D eigenvalue weighted by molar-refractivity contribution is 5.54. The molecule has 0 saturated heterocycles. The fourth-order valence-electron chi connectivity index (χ4n) is 4.25. The van der Waals surface area contributed by atoms with E-state index in [4.69, 9.17) is 0 Å². The van der Waals surface area contributed by atoms with Crippen LogP contribution >= 0.6 is 0 Å². The lowest BCUT2D eigenvalue weighted by Crippen LogP contribution is -2.44. The van der Waals surface area contributed by atoms with Crippen LogP contribution in [0.15, 0.2) is 24.3 Å².